The second-order valence-electron chi connectivity index (χ2n) is 4.87. The standard InChI is InChI=1S/C16H25NOS/c1-3-17-15-10-9-14-13(15)7-5-8-16(14)18-11-6-12-19-4-2/h5,7-8,15,17H,3-4,6,9-12H2,1-2H3. The molecule has 1 aliphatic carbocycles. The lowest BCUT2D eigenvalue weighted by atomic mass is 10.1. The second-order valence-corrected chi connectivity index (χ2v) is 6.27. The van der Waals surface area contributed by atoms with Crippen molar-refractivity contribution in [2.45, 2.75) is 39.2 Å². The van der Waals surface area contributed by atoms with E-state index in [1.807, 2.05) is 11.8 Å². The average Bonchev–Trinajstić information content (AvgIpc) is 2.83. The number of hydrogen-bond acceptors (Lipinski definition) is 3. The molecule has 2 nitrogen and oxygen atoms in total. The highest BCUT2D eigenvalue weighted by molar-refractivity contribution is 7.99. The molecular weight excluding hydrogens is 254 g/mol. The van der Waals surface area contributed by atoms with Crippen molar-refractivity contribution in [1.82, 2.24) is 5.32 Å². The third kappa shape index (κ3) is 3.90. The molecule has 1 aromatic rings. The molecule has 0 amide bonds. The molecule has 0 heterocycles. The Hall–Kier alpha value is -0.670. The van der Waals surface area contributed by atoms with E-state index in [2.05, 4.69) is 37.4 Å². The maximum absolute atomic E-state index is 5.98. The molecule has 1 unspecified atom stereocenters. The molecule has 2 rings (SSSR count). The van der Waals surface area contributed by atoms with Crippen molar-refractivity contribution in [1.29, 1.82) is 0 Å². The second kappa shape index (κ2) is 7.81. The molecule has 1 N–H and O–H groups in total. The first-order chi connectivity index (χ1) is 9.36. The predicted molar refractivity (Wildman–Crippen MR) is 84.3 cm³/mol. The molecule has 0 aliphatic heterocycles. The van der Waals surface area contributed by atoms with Gasteiger partial charge in [-0.15, -0.1) is 0 Å². The van der Waals surface area contributed by atoms with Gasteiger partial charge in [-0.3, -0.25) is 0 Å². The zero-order chi connectivity index (χ0) is 13.5. The molecule has 3 heteroatoms. The SMILES string of the molecule is CCNC1CCc2c(OCCCSCC)cccc21. The van der Waals surface area contributed by atoms with Gasteiger partial charge >= 0.3 is 0 Å². The lowest BCUT2D eigenvalue weighted by Crippen LogP contribution is -2.18. The predicted octanol–water partition coefficient (Wildman–Crippen LogP) is 3.81. The summed E-state index contributed by atoms with van der Waals surface area (Å²) in [5, 5.41) is 3.55. The van der Waals surface area contributed by atoms with E-state index >= 15 is 0 Å². The van der Waals surface area contributed by atoms with Crippen LogP contribution in [0.2, 0.25) is 0 Å². The van der Waals surface area contributed by atoms with Crippen LogP contribution >= 0.6 is 11.8 Å². The van der Waals surface area contributed by atoms with Gasteiger partial charge in [-0.25, -0.2) is 0 Å². The van der Waals surface area contributed by atoms with Gasteiger partial charge in [0.25, 0.3) is 0 Å². The van der Waals surface area contributed by atoms with Crippen LogP contribution in [0, 0.1) is 0 Å². The van der Waals surface area contributed by atoms with Crippen molar-refractivity contribution in [3.8, 4) is 5.75 Å². The van der Waals surface area contributed by atoms with Gasteiger partial charge in [0.1, 0.15) is 5.75 Å². The van der Waals surface area contributed by atoms with Gasteiger partial charge in [0.15, 0.2) is 0 Å². The fourth-order valence-electron chi connectivity index (χ4n) is 2.70. The van der Waals surface area contributed by atoms with Crippen molar-refractivity contribution in [3.63, 3.8) is 0 Å². The Balaban J connectivity index is 1.92. The molecule has 106 valence electrons. The van der Waals surface area contributed by atoms with Gasteiger partial charge in [0, 0.05) is 6.04 Å². The van der Waals surface area contributed by atoms with Crippen LogP contribution in [-0.4, -0.2) is 24.7 Å². The highest BCUT2D eigenvalue weighted by atomic mass is 32.2. The monoisotopic (exact) mass is 279 g/mol. The molecule has 1 atom stereocenters. The Morgan fingerprint density at radius 2 is 2.26 bits per heavy atom. The molecular formula is C16H25NOS. The van der Waals surface area contributed by atoms with E-state index in [9.17, 15) is 0 Å². The van der Waals surface area contributed by atoms with Crippen molar-refractivity contribution >= 4 is 11.8 Å². The molecule has 1 aromatic carbocycles. The Bertz CT molecular complexity index is 394. The molecule has 0 spiro atoms. The molecule has 1 aliphatic rings. The van der Waals surface area contributed by atoms with Gasteiger partial charge in [-0.05, 0) is 54.5 Å². The van der Waals surface area contributed by atoms with Crippen molar-refractivity contribution in [2.24, 2.45) is 0 Å². The number of benzene rings is 1. The molecule has 0 bridgehead atoms. The fourth-order valence-corrected chi connectivity index (χ4v) is 3.31. The van der Waals surface area contributed by atoms with E-state index in [0.29, 0.717) is 6.04 Å². The summed E-state index contributed by atoms with van der Waals surface area (Å²) in [4.78, 5) is 0. The molecule has 0 radical (unpaired) electrons. The number of fused-ring (bicyclic) bond motifs is 1. The van der Waals surface area contributed by atoms with E-state index in [-0.39, 0.29) is 0 Å². The third-order valence-corrected chi connectivity index (χ3v) is 4.56. The number of rotatable bonds is 8. The van der Waals surface area contributed by atoms with Crippen LogP contribution in [-0.2, 0) is 6.42 Å². The number of hydrogen-bond donors (Lipinski definition) is 1. The first-order valence-corrected chi connectivity index (χ1v) is 8.58. The lowest BCUT2D eigenvalue weighted by molar-refractivity contribution is 0.316. The first-order valence-electron chi connectivity index (χ1n) is 7.42. The van der Waals surface area contributed by atoms with E-state index in [1.165, 1.54) is 29.1 Å². The Labute approximate surface area is 121 Å². The molecule has 0 saturated heterocycles. The Morgan fingerprint density at radius 3 is 3.05 bits per heavy atom. The summed E-state index contributed by atoms with van der Waals surface area (Å²) in [6.45, 7) is 6.25. The largest absolute Gasteiger partial charge is 0.493 e. The van der Waals surface area contributed by atoms with Crippen LogP contribution in [0.3, 0.4) is 0 Å². The third-order valence-electron chi connectivity index (χ3n) is 3.57. The zero-order valence-electron chi connectivity index (χ0n) is 12.1. The quantitative estimate of drug-likeness (QED) is 0.731. The molecule has 0 fully saturated rings. The number of nitrogens with one attached hydrogen (secondary N) is 1. The smallest absolute Gasteiger partial charge is 0.122 e. The highest BCUT2D eigenvalue weighted by Crippen LogP contribution is 2.36. The normalized spacial score (nSPS) is 17.5. The number of thioether (sulfide) groups is 1. The van der Waals surface area contributed by atoms with E-state index < -0.39 is 0 Å². The summed E-state index contributed by atoms with van der Waals surface area (Å²) in [6.07, 6.45) is 3.49. The van der Waals surface area contributed by atoms with Crippen molar-refractivity contribution in [3.05, 3.63) is 29.3 Å². The zero-order valence-corrected chi connectivity index (χ0v) is 12.9. The Morgan fingerprint density at radius 1 is 1.37 bits per heavy atom. The minimum atomic E-state index is 0.527. The van der Waals surface area contributed by atoms with Gasteiger partial charge in [0.05, 0.1) is 6.61 Å². The van der Waals surface area contributed by atoms with E-state index in [4.69, 9.17) is 4.74 Å². The van der Waals surface area contributed by atoms with Crippen LogP contribution in [0.4, 0.5) is 0 Å². The highest BCUT2D eigenvalue weighted by Gasteiger charge is 2.24. The maximum atomic E-state index is 5.98. The van der Waals surface area contributed by atoms with E-state index in [0.717, 1.165) is 31.7 Å². The molecule has 19 heavy (non-hydrogen) atoms. The molecule has 0 aromatic heterocycles. The minimum absolute atomic E-state index is 0.527. The summed E-state index contributed by atoms with van der Waals surface area (Å²) in [5.41, 5.74) is 2.87. The van der Waals surface area contributed by atoms with Crippen molar-refractivity contribution in [2.75, 3.05) is 24.7 Å². The van der Waals surface area contributed by atoms with Gasteiger partial charge in [-0.2, -0.15) is 11.8 Å². The molecule has 0 saturated carbocycles. The maximum Gasteiger partial charge on any atom is 0.122 e. The first kappa shape index (κ1) is 14.7. The van der Waals surface area contributed by atoms with Crippen LogP contribution in [0.15, 0.2) is 18.2 Å². The summed E-state index contributed by atoms with van der Waals surface area (Å²) < 4.78 is 5.98. The average molecular weight is 279 g/mol. The topological polar surface area (TPSA) is 21.3 Å². The number of ether oxygens (including phenoxy) is 1. The van der Waals surface area contributed by atoms with Crippen LogP contribution in [0.5, 0.6) is 5.75 Å². The lowest BCUT2D eigenvalue weighted by Gasteiger charge is -2.14. The Kier molecular flexibility index (Phi) is 6.05. The fraction of sp³-hybridized carbons (Fsp3) is 0.625. The van der Waals surface area contributed by atoms with Crippen molar-refractivity contribution < 1.29 is 4.74 Å². The summed E-state index contributed by atoms with van der Waals surface area (Å²) >= 11 is 1.99. The van der Waals surface area contributed by atoms with E-state index in [1.54, 1.807) is 0 Å². The van der Waals surface area contributed by atoms with Crippen LogP contribution in [0.1, 0.15) is 43.9 Å². The van der Waals surface area contributed by atoms with Crippen LogP contribution < -0.4 is 10.1 Å². The van der Waals surface area contributed by atoms with Gasteiger partial charge in [-0.1, -0.05) is 26.0 Å². The summed E-state index contributed by atoms with van der Waals surface area (Å²) in [6, 6.07) is 7.03. The summed E-state index contributed by atoms with van der Waals surface area (Å²) in [7, 11) is 0. The van der Waals surface area contributed by atoms with Gasteiger partial charge in [0.2, 0.25) is 0 Å². The minimum Gasteiger partial charge on any atom is -0.493 e. The van der Waals surface area contributed by atoms with Gasteiger partial charge < -0.3 is 10.1 Å². The summed E-state index contributed by atoms with van der Waals surface area (Å²) in [5.74, 6) is 3.51. The van der Waals surface area contributed by atoms with Crippen LogP contribution in [0.25, 0.3) is 0 Å².